The van der Waals surface area contributed by atoms with Gasteiger partial charge in [-0.05, 0) is 31.2 Å². The Morgan fingerprint density at radius 3 is 2.31 bits per heavy atom. The summed E-state index contributed by atoms with van der Waals surface area (Å²) in [5.74, 6) is 1.63. The standard InChI is InChI=1S/C12H13NO3/c1-2-14-11-3-5-12(6-4-11)15-9-10-7-8-16-13-10/h3-8H,2,9H2,1H3. The lowest BCUT2D eigenvalue weighted by atomic mass is 10.3. The van der Waals surface area contributed by atoms with Gasteiger partial charge in [-0.1, -0.05) is 5.16 Å². The minimum atomic E-state index is 0.407. The molecule has 0 spiro atoms. The second-order valence-electron chi connectivity index (χ2n) is 3.18. The molecule has 0 unspecified atom stereocenters. The molecule has 0 radical (unpaired) electrons. The maximum absolute atomic E-state index is 5.51. The summed E-state index contributed by atoms with van der Waals surface area (Å²) in [4.78, 5) is 0. The lowest BCUT2D eigenvalue weighted by Crippen LogP contribution is -1.96. The van der Waals surface area contributed by atoms with Crippen LogP contribution >= 0.6 is 0 Å². The Labute approximate surface area is 93.8 Å². The molecule has 16 heavy (non-hydrogen) atoms. The summed E-state index contributed by atoms with van der Waals surface area (Å²) in [6, 6.07) is 9.26. The van der Waals surface area contributed by atoms with Gasteiger partial charge in [-0.2, -0.15) is 0 Å². The Bertz CT molecular complexity index is 408. The van der Waals surface area contributed by atoms with E-state index in [0.29, 0.717) is 13.2 Å². The molecule has 4 heteroatoms. The van der Waals surface area contributed by atoms with Gasteiger partial charge >= 0.3 is 0 Å². The first-order valence-electron chi connectivity index (χ1n) is 5.13. The first kappa shape index (κ1) is 10.5. The monoisotopic (exact) mass is 219 g/mol. The molecule has 0 N–H and O–H groups in total. The minimum Gasteiger partial charge on any atom is -0.494 e. The molecule has 0 bridgehead atoms. The van der Waals surface area contributed by atoms with Crippen LogP contribution in [0.15, 0.2) is 41.1 Å². The van der Waals surface area contributed by atoms with E-state index in [1.54, 1.807) is 6.07 Å². The van der Waals surface area contributed by atoms with Crippen molar-refractivity contribution in [3.05, 3.63) is 42.3 Å². The fourth-order valence-electron chi connectivity index (χ4n) is 1.27. The van der Waals surface area contributed by atoms with Crippen LogP contribution in [0.1, 0.15) is 12.6 Å². The van der Waals surface area contributed by atoms with Gasteiger partial charge < -0.3 is 14.0 Å². The van der Waals surface area contributed by atoms with Crippen LogP contribution in [0, 0.1) is 0 Å². The van der Waals surface area contributed by atoms with E-state index in [0.717, 1.165) is 17.2 Å². The molecule has 4 nitrogen and oxygen atoms in total. The summed E-state index contributed by atoms with van der Waals surface area (Å²) in [7, 11) is 0. The van der Waals surface area contributed by atoms with Crippen LogP contribution in [-0.2, 0) is 6.61 Å². The normalized spacial score (nSPS) is 10.1. The number of nitrogens with zero attached hydrogens (tertiary/aromatic N) is 1. The summed E-state index contributed by atoms with van der Waals surface area (Å²) < 4.78 is 15.5. The van der Waals surface area contributed by atoms with E-state index >= 15 is 0 Å². The number of aromatic nitrogens is 1. The zero-order valence-corrected chi connectivity index (χ0v) is 9.05. The maximum atomic E-state index is 5.51. The molecule has 0 saturated heterocycles. The highest BCUT2D eigenvalue weighted by atomic mass is 16.5. The first-order chi connectivity index (χ1) is 7.88. The molecular formula is C12H13NO3. The first-order valence-corrected chi connectivity index (χ1v) is 5.13. The fourth-order valence-corrected chi connectivity index (χ4v) is 1.27. The van der Waals surface area contributed by atoms with Crippen molar-refractivity contribution >= 4 is 0 Å². The second-order valence-corrected chi connectivity index (χ2v) is 3.18. The van der Waals surface area contributed by atoms with Crippen molar-refractivity contribution in [3.8, 4) is 11.5 Å². The van der Waals surface area contributed by atoms with Gasteiger partial charge in [0.2, 0.25) is 0 Å². The van der Waals surface area contributed by atoms with Gasteiger partial charge in [0.25, 0.3) is 0 Å². The lowest BCUT2D eigenvalue weighted by Gasteiger charge is -2.05. The van der Waals surface area contributed by atoms with Crippen molar-refractivity contribution in [1.29, 1.82) is 0 Å². The highest BCUT2D eigenvalue weighted by Crippen LogP contribution is 2.18. The predicted molar refractivity (Wildman–Crippen MR) is 58.4 cm³/mol. The van der Waals surface area contributed by atoms with E-state index in [1.165, 1.54) is 6.26 Å². The van der Waals surface area contributed by atoms with Crippen molar-refractivity contribution < 1.29 is 14.0 Å². The molecule has 0 aliphatic rings. The summed E-state index contributed by atoms with van der Waals surface area (Å²) in [6.45, 7) is 3.03. The van der Waals surface area contributed by atoms with Crippen molar-refractivity contribution in [2.45, 2.75) is 13.5 Å². The van der Waals surface area contributed by atoms with Crippen LogP contribution in [0.25, 0.3) is 0 Å². The number of benzene rings is 1. The van der Waals surface area contributed by atoms with Crippen LogP contribution in [0.5, 0.6) is 11.5 Å². The maximum Gasteiger partial charge on any atom is 0.134 e. The Morgan fingerprint density at radius 1 is 1.06 bits per heavy atom. The summed E-state index contributed by atoms with van der Waals surface area (Å²) in [5.41, 5.74) is 0.772. The summed E-state index contributed by atoms with van der Waals surface area (Å²) in [5, 5.41) is 3.75. The van der Waals surface area contributed by atoms with Crippen molar-refractivity contribution in [1.82, 2.24) is 5.16 Å². The molecule has 0 amide bonds. The van der Waals surface area contributed by atoms with Gasteiger partial charge in [0.1, 0.15) is 30.1 Å². The van der Waals surface area contributed by atoms with Crippen LogP contribution in [-0.4, -0.2) is 11.8 Å². The predicted octanol–water partition coefficient (Wildman–Crippen LogP) is 2.65. The summed E-state index contributed by atoms with van der Waals surface area (Å²) >= 11 is 0. The summed E-state index contributed by atoms with van der Waals surface area (Å²) in [6.07, 6.45) is 1.52. The molecule has 2 rings (SSSR count). The van der Waals surface area contributed by atoms with Gasteiger partial charge in [-0.15, -0.1) is 0 Å². The smallest absolute Gasteiger partial charge is 0.134 e. The van der Waals surface area contributed by atoms with Crippen LogP contribution in [0.2, 0.25) is 0 Å². The highest BCUT2D eigenvalue weighted by Gasteiger charge is 1.99. The molecule has 2 aromatic rings. The lowest BCUT2D eigenvalue weighted by molar-refractivity contribution is 0.288. The molecule has 0 atom stereocenters. The second kappa shape index (κ2) is 5.21. The molecule has 0 fully saturated rings. The quantitative estimate of drug-likeness (QED) is 0.775. The Hall–Kier alpha value is -1.97. The largest absolute Gasteiger partial charge is 0.494 e. The Morgan fingerprint density at radius 2 is 1.75 bits per heavy atom. The van der Waals surface area contributed by atoms with E-state index in [9.17, 15) is 0 Å². The number of hydrogen-bond donors (Lipinski definition) is 0. The van der Waals surface area contributed by atoms with Gasteiger partial charge in [0, 0.05) is 6.07 Å². The molecule has 0 saturated carbocycles. The third-order valence-electron chi connectivity index (χ3n) is 2.01. The molecular weight excluding hydrogens is 206 g/mol. The SMILES string of the molecule is CCOc1ccc(OCc2ccon2)cc1. The van der Waals surface area contributed by atoms with E-state index in [2.05, 4.69) is 5.16 Å². The van der Waals surface area contributed by atoms with Crippen LogP contribution < -0.4 is 9.47 Å². The van der Waals surface area contributed by atoms with E-state index in [4.69, 9.17) is 14.0 Å². The number of ether oxygens (including phenoxy) is 2. The molecule has 0 aliphatic carbocycles. The van der Waals surface area contributed by atoms with Crippen molar-refractivity contribution in [3.63, 3.8) is 0 Å². The highest BCUT2D eigenvalue weighted by molar-refractivity contribution is 5.31. The molecule has 1 aromatic carbocycles. The van der Waals surface area contributed by atoms with Crippen molar-refractivity contribution in [2.75, 3.05) is 6.61 Å². The van der Waals surface area contributed by atoms with Crippen LogP contribution in [0.3, 0.4) is 0 Å². The average Bonchev–Trinajstić information content (AvgIpc) is 2.82. The molecule has 1 heterocycles. The third-order valence-corrected chi connectivity index (χ3v) is 2.01. The number of rotatable bonds is 5. The van der Waals surface area contributed by atoms with Gasteiger partial charge in [0.15, 0.2) is 0 Å². The fraction of sp³-hybridized carbons (Fsp3) is 0.250. The van der Waals surface area contributed by atoms with E-state index < -0.39 is 0 Å². The van der Waals surface area contributed by atoms with Gasteiger partial charge in [-0.25, -0.2) is 0 Å². The van der Waals surface area contributed by atoms with Gasteiger partial charge in [-0.3, -0.25) is 0 Å². The van der Waals surface area contributed by atoms with Crippen molar-refractivity contribution in [2.24, 2.45) is 0 Å². The topological polar surface area (TPSA) is 44.5 Å². The van der Waals surface area contributed by atoms with Crippen LogP contribution in [0.4, 0.5) is 0 Å². The minimum absolute atomic E-state index is 0.407. The van der Waals surface area contributed by atoms with Gasteiger partial charge in [0.05, 0.1) is 6.61 Å². The molecule has 84 valence electrons. The molecule has 0 aliphatic heterocycles. The number of hydrogen-bond acceptors (Lipinski definition) is 4. The zero-order valence-electron chi connectivity index (χ0n) is 9.05. The average molecular weight is 219 g/mol. The van der Waals surface area contributed by atoms with E-state index in [1.807, 2.05) is 31.2 Å². The Balaban J connectivity index is 1.90. The Kier molecular flexibility index (Phi) is 3.43. The molecule has 1 aromatic heterocycles. The third kappa shape index (κ3) is 2.76. The van der Waals surface area contributed by atoms with E-state index in [-0.39, 0.29) is 0 Å². The zero-order chi connectivity index (χ0) is 11.2.